The van der Waals surface area contributed by atoms with Crippen LogP contribution in [0.5, 0.6) is 0 Å². The molecule has 18 heavy (non-hydrogen) atoms. The van der Waals surface area contributed by atoms with Crippen LogP contribution in [0.25, 0.3) is 0 Å². The lowest BCUT2D eigenvalue weighted by atomic mass is 10.2. The second-order valence-corrected chi connectivity index (χ2v) is 5.37. The Labute approximate surface area is 110 Å². The molecule has 0 saturated carbocycles. The van der Waals surface area contributed by atoms with E-state index in [2.05, 4.69) is 34.7 Å². The Hall–Kier alpha value is -1.13. The molecular weight excluding hydrogens is 224 g/mol. The second-order valence-electron chi connectivity index (χ2n) is 5.37. The summed E-state index contributed by atoms with van der Waals surface area (Å²) in [6, 6.07) is 6.11. The number of nitrogens with two attached hydrogens (primary N) is 1. The first-order chi connectivity index (χ1) is 8.69. The number of piperazine rings is 1. The van der Waals surface area contributed by atoms with Crippen LogP contribution in [0.1, 0.15) is 19.5 Å². The standard InChI is InChI=1S/C14H24N4/c1-12(2)11-17-6-8-18(9-7-17)14-5-3-4-13(10-15)16-14/h3-5,12H,6-11,15H2,1-2H3. The van der Waals surface area contributed by atoms with E-state index < -0.39 is 0 Å². The Morgan fingerprint density at radius 1 is 1.22 bits per heavy atom. The largest absolute Gasteiger partial charge is 0.354 e. The van der Waals surface area contributed by atoms with Gasteiger partial charge >= 0.3 is 0 Å². The van der Waals surface area contributed by atoms with Gasteiger partial charge in [0.05, 0.1) is 5.69 Å². The summed E-state index contributed by atoms with van der Waals surface area (Å²) in [7, 11) is 0. The number of nitrogens with zero attached hydrogens (tertiary/aromatic N) is 3. The smallest absolute Gasteiger partial charge is 0.128 e. The first kappa shape index (κ1) is 13.3. The van der Waals surface area contributed by atoms with Gasteiger partial charge in [0.1, 0.15) is 5.82 Å². The van der Waals surface area contributed by atoms with Crippen molar-refractivity contribution in [2.75, 3.05) is 37.6 Å². The highest BCUT2D eigenvalue weighted by Gasteiger charge is 2.18. The van der Waals surface area contributed by atoms with Gasteiger partial charge in [-0.3, -0.25) is 4.90 Å². The lowest BCUT2D eigenvalue weighted by Crippen LogP contribution is -2.47. The van der Waals surface area contributed by atoms with Crippen LogP contribution in [0.2, 0.25) is 0 Å². The monoisotopic (exact) mass is 248 g/mol. The summed E-state index contributed by atoms with van der Waals surface area (Å²) in [5.41, 5.74) is 6.61. The molecule has 0 atom stereocenters. The maximum Gasteiger partial charge on any atom is 0.128 e. The number of anilines is 1. The van der Waals surface area contributed by atoms with Crippen molar-refractivity contribution in [2.45, 2.75) is 20.4 Å². The highest BCUT2D eigenvalue weighted by Crippen LogP contribution is 2.14. The summed E-state index contributed by atoms with van der Waals surface area (Å²) in [5, 5.41) is 0. The Morgan fingerprint density at radius 3 is 2.56 bits per heavy atom. The molecule has 100 valence electrons. The molecule has 0 amide bonds. The highest BCUT2D eigenvalue weighted by molar-refractivity contribution is 5.39. The van der Waals surface area contributed by atoms with E-state index in [1.54, 1.807) is 0 Å². The average molecular weight is 248 g/mol. The van der Waals surface area contributed by atoms with Crippen molar-refractivity contribution in [2.24, 2.45) is 11.7 Å². The summed E-state index contributed by atoms with van der Waals surface area (Å²) in [6.45, 7) is 10.7. The zero-order valence-corrected chi connectivity index (χ0v) is 11.5. The lowest BCUT2D eigenvalue weighted by Gasteiger charge is -2.36. The first-order valence-corrected chi connectivity index (χ1v) is 6.82. The molecule has 0 aromatic carbocycles. The number of rotatable bonds is 4. The molecule has 1 saturated heterocycles. The summed E-state index contributed by atoms with van der Waals surface area (Å²) in [4.78, 5) is 9.48. The van der Waals surface area contributed by atoms with Gasteiger partial charge < -0.3 is 10.6 Å². The quantitative estimate of drug-likeness (QED) is 0.873. The minimum absolute atomic E-state index is 0.515. The molecule has 0 aliphatic carbocycles. The molecule has 0 spiro atoms. The van der Waals surface area contributed by atoms with Gasteiger partial charge in [-0.25, -0.2) is 4.98 Å². The van der Waals surface area contributed by atoms with Crippen molar-refractivity contribution < 1.29 is 0 Å². The van der Waals surface area contributed by atoms with Crippen molar-refractivity contribution in [1.82, 2.24) is 9.88 Å². The van der Waals surface area contributed by atoms with Crippen LogP contribution in [0.4, 0.5) is 5.82 Å². The summed E-state index contributed by atoms with van der Waals surface area (Å²) >= 11 is 0. The van der Waals surface area contributed by atoms with Crippen molar-refractivity contribution in [1.29, 1.82) is 0 Å². The van der Waals surface area contributed by atoms with Crippen molar-refractivity contribution >= 4 is 5.82 Å². The molecule has 0 unspecified atom stereocenters. The molecule has 1 aromatic heterocycles. The first-order valence-electron chi connectivity index (χ1n) is 6.82. The molecule has 4 heteroatoms. The fourth-order valence-electron chi connectivity index (χ4n) is 2.43. The van der Waals surface area contributed by atoms with Crippen LogP contribution in [0.15, 0.2) is 18.2 Å². The third-order valence-electron chi connectivity index (χ3n) is 3.32. The number of aromatic nitrogens is 1. The van der Waals surface area contributed by atoms with Crippen LogP contribution in [-0.4, -0.2) is 42.6 Å². The third kappa shape index (κ3) is 3.43. The van der Waals surface area contributed by atoms with Gasteiger partial charge in [-0.05, 0) is 18.1 Å². The molecule has 0 radical (unpaired) electrons. The molecule has 1 aromatic rings. The van der Waals surface area contributed by atoms with Gasteiger partial charge in [-0.1, -0.05) is 19.9 Å². The van der Waals surface area contributed by atoms with Crippen LogP contribution in [-0.2, 0) is 6.54 Å². The predicted molar refractivity (Wildman–Crippen MR) is 75.6 cm³/mol. The summed E-state index contributed by atoms with van der Waals surface area (Å²) in [6.07, 6.45) is 0. The van der Waals surface area contributed by atoms with Gasteiger partial charge in [0.2, 0.25) is 0 Å². The predicted octanol–water partition coefficient (Wildman–Crippen LogP) is 1.32. The SMILES string of the molecule is CC(C)CN1CCN(c2cccc(CN)n2)CC1. The van der Waals surface area contributed by atoms with E-state index in [-0.39, 0.29) is 0 Å². The third-order valence-corrected chi connectivity index (χ3v) is 3.32. The zero-order chi connectivity index (χ0) is 13.0. The van der Waals surface area contributed by atoms with Gasteiger partial charge in [0, 0.05) is 39.3 Å². The van der Waals surface area contributed by atoms with Gasteiger partial charge in [0.25, 0.3) is 0 Å². The topological polar surface area (TPSA) is 45.4 Å². The molecule has 1 aliphatic rings. The maximum absolute atomic E-state index is 5.64. The van der Waals surface area contributed by atoms with E-state index in [1.807, 2.05) is 12.1 Å². The number of hydrogen-bond acceptors (Lipinski definition) is 4. The normalized spacial score (nSPS) is 17.4. The van der Waals surface area contributed by atoms with Crippen molar-refractivity contribution in [3.05, 3.63) is 23.9 Å². The molecule has 2 heterocycles. The molecule has 4 nitrogen and oxygen atoms in total. The van der Waals surface area contributed by atoms with E-state index in [0.29, 0.717) is 6.54 Å². The fourth-order valence-corrected chi connectivity index (χ4v) is 2.43. The average Bonchev–Trinajstić information content (AvgIpc) is 2.39. The van der Waals surface area contributed by atoms with Crippen LogP contribution < -0.4 is 10.6 Å². The highest BCUT2D eigenvalue weighted by atomic mass is 15.3. The van der Waals surface area contributed by atoms with E-state index in [9.17, 15) is 0 Å². The zero-order valence-electron chi connectivity index (χ0n) is 11.5. The van der Waals surface area contributed by atoms with E-state index in [1.165, 1.54) is 6.54 Å². The van der Waals surface area contributed by atoms with Gasteiger partial charge in [-0.15, -0.1) is 0 Å². The van der Waals surface area contributed by atoms with E-state index in [0.717, 1.165) is 43.6 Å². The van der Waals surface area contributed by atoms with Crippen LogP contribution in [0.3, 0.4) is 0 Å². The Balaban J connectivity index is 1.92. The summed E-state index contributed by atoms with van der Waals surface area (Å²) in [5.74, 6) is 1.82. The Kier molecular flexibility index (Phi) is 4.55. The summed E-state index contributed by atoms with van der Waals surface area (Å²) < 4.78 is 0. The van der Waals surface area contributed by atoms with E-state index in [4.69, 9.17) is 5.73 Å². The van der Waals surface area contributed by atoms with E-state index >= 15 is 0 Å². The fraction of sp³-hybridized carbons (Fsp3) is 0.643. The number of hydrogen-bond donors (Lipinski definition) is 1. The molecule has 1 fully saturated rings. The molecule has 1 aliphatic heterocycles. The Morgan fingerprint density at radius 2 is 1.94 bits per heavy atom. The molecule has 2 rings (SSSR count). The van der Waals surface area contributed by atoms with Gasteiger partial charge in [-0.2, -0.15) is 0 Å². The van der Waals surface area contributed by atoms with Crippen molar-refractivity contribution in [3.8, 4) is 0 Å². The second kappa shape index (κ2) is 6.16. The maximum atomic E-state index is 5.64. The molecule has 0 bridgehead atoms. The van der Waals surface area contributed by atoms with Gasteiger partial charge in [0.15, 0.2) is 0 Å². The van der Waals surface area contributed by atoms with Crippen molar-refractivity contribution in [3.63, 3.8) is 0 Å². The lowest BCUT2D eigenvalue weighted by molar-refractivity contribution is 0.231. The molecule has 2 N–H and O–H groups in total. The Bertz CT molecular complexity index is 370. The minimum atomic E-state index is 0.515. The minimum Gasteiger partial charge on any atom is -0.354 e. The van der Waals surface area contributed by atoms with Crippen LogP contribution >= 0.6 is 0 Å². The molecular formula is C14H24N4. The van der Waals surface area contributed by atoms with Crippen LogP contribution in [0, 0.1) is 5.92 Å². The number of pyridine rings is 1.